The molecular weight excluding hydrogens is 256 g/mol. The quantitative estimate of drug-likeness (QED) is 0.794. The highest BCUT2D eigenvalue weighted by Crippen LogP contribution is 2.30. The fourth-order valence-electron chi connectivity index (χ4n) is 2.11. The predicted molar refractivity (Wildman–Crippen MR) is 74.4 cm³/mol. The summed E-state index contributed by atoms with van der Waals surface area (Å²) in [6, 6.07) is 0.0701. The van der Waals surface area contributed by atoms with E-state index in [-0.39, 0.29) is 17.6 Å². The van der Waals surface area contributed by atoms with Gasteiger partial charge in [-0.25, -0.2) is 8.42 Å². The van der Waals surface area contributed by atoms with Gasteiger partial charge in [0.1, 0.15) is 0 Å². The first-order chi connectivity index (χ1) is 7.66. The Morgan fingerprint density at radius 1 is 1.35 bits per heavy atom. The lowest BCUT2D eigenvalue weighted by Gasteiger charge is -2.33. The average Bonchev–Trinajstić information content (AvgIpc) is 2.64. The number of thiocarbonyl (C=S) groups is 1. The molecule has 17 heavy (non-hydrogen) atoms. The second-order valence-electron chi connectivity index (χ2n) is 5.57. The van der Waals surface area contributed by atoms with Gasteiger partial charge in [0.2, 0.25) is 10.0 Å². The summed E-state index contributed by atoms with van der Waals surface area (Å²) >= 11 is 4.87. The van der Waals surface area contributed by atoms with Gasteiger partial charge >= 0.3 is 0 Å². The van der Waals surface area contributed by atoms with Crippen molar-refractivity contribution in [1.82, 2.24) is 4.31 Å². The predicted octanol–water partition coefficient (Wildman–Crippen LogP) is 1.65. The van der Waals surface area contributed by atoms with Crippen molar-refractivity contribution in [2.24, 2.45) is 5.73 Å². The minimum absolute atomic E-state index is 0.0701. The Hall–Kier alpha value is -0.200. The highest BCUT2D eigenvalue weighted by Gasteiger charge is 2.40. The molecule has 0 saturated heterocycles. The van der Waals surface area contributed by atoms with Gasteiger partial charge in [-0.3, -0.25) is 0 Å². The lowest BCUT2D eigenvalue weighted by molar-refractivity contribution is 0.343. The van der Waals surface area contributed by atoms with Crippen molar-refractivity contribution in [3.63, 3.8) is 0 Å². The topological polar surface area (TPSA) is 63.4 Å². The summed E-state index contributed by atoms with van der Waals surface area (Å²) in [5.41, 5.74) is 5.53. The summed E-state index contributed by atoms with van der Waals surface area (Å²) in [4.78, 5) is 0.240. The first-order valence-corrected chi connectivity index (χ1v) is 7.81. The van der Waals surface area contributed by atoms with Crippen molar-refractivity contribution in [3.8, 4) is 0 Å². The maximum Gasteiger partial charge on any atom is 0.219 e. The SMILES string of the molecule is CC(C)(C)S(=O)(=O)N(CC(N)=S)C1CCCC1. The summed E-state index contributed by atoms with van der Waals surface area (Å²) in [5, 5.41) is 0. The van der Waals surface area contributed by atoms with Crippen molar-refractivity contribution in [2.75, 3.05) is 6.54 Å². The standard InChI is InChI=1S/C11H22N2O2S2/c1-11(2,3)17(14,15)13(8-10(12)16)9-6-4-5-7-9/h9H,4-8H2,1-3H3,(H2,12,16). The van der Waals surface area contributed by atoms with Crippen molar-refractivity contribution in [3.05, 3.63) is 0 Å². The third kappa shape index (κ3) is 3.39. The molecule has 1 saturated carbocycles. The van der Waals surface area contributed by atoms with Gasteiger partial charge in [-0.1, -0.05) is 25.1 Å². The van der Waals surface area contributed by atoms with Crippen LogP contribution in [0.25, 0.3) is 0 Å². The Balaban J connectivity index is 3.01. The molecule has 100 valence electrons. The van der Waals surface area contributed by atoms with Gasteiger partial charge in [-0.2, -0.15) is 4.31 Å². The Labute approximate surface area is 110 Å². The van der Waals surface area contributed by atoms with Crippen LogP contribution >= 0.6 is 12.2 Å². The molecule has 4 nitrogen and oxygen atoms in total. The zero-order valence-electron chi connectivity index (χ0n) is 10.8. The summed E-state index contributed by atoms with van der Waals surface area (Å²) in [6.07, 6.45) is 3.99. The van der Waals surface area contributed by atoms with Crippen LogP contribution in [0.5, 0.6) is 0 Å². The van der Waals surface area contributed by atoms with E-state index in [0.717, 1.165) is 25.7 Å². The van der Waals surface area contributed by atoms with Gasteiger partial charge < -0.3 is 5.73 Å². The van der Waals surface area contributed by atoms with E-state index in [1.165, 1.54) is 4.31 Å². The van der Waals surface area contributed by atoms with Crippen LogP contribution in [-0.4, -0.2) is 35.0 Å². The van der Waals surface area contributed by atoms with Crippen LogP contribution in [-0.2, 0) is 10.0 Å². The summed E-state index contributed by atoms with van der Waals surface area (Å²) in [5.74, 6) is 0. The van der Waals surface area contributed by atoms with Gasteiger partial charge in [-0.15, -0.1) is 0 Å². The van der Waals surface area contributed by atoms with E-state index in [0.29, 0.717) is 0 Å². The monoisotopic (exact) mass is 278 g/mol. The van der Waals surface area contributed by atoms with Crippen LogP contribution in [0.2, 0.25) is 0 Å². The zero-order valence-corrected chi connectivity index (χ0v) is 12.4. The lowest BCUT2D eigenvalue weighted by Crippen LogP contribution is -2.50. The Morgan fingerprint density at radius 2 is 1.82 bits per heavy atom. The highest BCUT2D eigenvalue weighted by atomic mass is 32.2. The molecule has 0 aromatic rings. The zero-order chi connectivity index (χ0) is 13.3. The molecule has 0 radical (unpaired) electrons. The Morgan fingerprint density at radius 3 is 2.18 bits per heavy atom. The molecule has 0 bridgehead atoms. The van der Waals surface area contributed by atoms with Gasteiger partial charge in [0.05, 0.1) is 16.3 Å². The lowest BCUT2D eigenvalue weighted by atomic mass is 10.2. The maximum absolute atomic E-state index is 12.5. The second-order valence-corrected chi connectivity index (χ2v) is 8.74. The molecule has 1 aliphatic carbocycles. The number of nitrogens with two attached hydrogens (primary N) is 1. The fraction of sp³-hybridized carbons (Fsp3) is 0.909. The number of sulfonamides is 1. The minimum Gasteiger partial charge on any atom is -0.392 e. The van der Waals surface area contributed by atoms with E-state index in [9.17, 15) is 8.42 Å². The molecule has 0 aromatic heterocycles. The number of rotatable bonds is 4. The number of nitrogens with zero attached hydrogens (tertiary/aromatic N) is 1. The van der Waals surface area contributed by atoms with Crippen molar-refractivity contribution < 1.29 is 8.42 Å². The molecule has 0 aliphatic heterocycles. The largest absolute Gasteiger partial charge is 0.392 e. The smallest absolute Gasteiger partial charge is 0.219 e. The first-order valence-electron chi connectivity index (χ1n) is 5.96. The van der Waals surface area contributed by atoms with E-state index in [4.69, 9.17) is 18.0 Å². The molecule has 0 unspecified atom stereocenters. The van der Waals surface area contributed by atoms with Crippen LogP contribution in [0.15, 0.2) is 0 Å². The summed E-state index contributed by atoms with van der Waals surface area (Å²) in [6.45, 7) is 5.30. The third-order valence-corrected chi connectivity index (χ3v) is 5.85. The second kappa shape index (κ2) is 5.20. The fourth-order valence-corrected chi connectivity index (χ4v) is 3.94. The Kier molecular flexibility index (Phi) is 4.54. The molecule has 0 spiro atoms. The van der Waals surface area contributed by atoms with E-state index in [1.807, 2.05) is 0 Å². The minimum atomic E-state index is -3.35. The van der Waals surface area contributed by atoms with E-state index in [2.05, 4.69) is 0 Å². The molecule has 0 amide bonds. The van der Waals surface area contributed by atoms with Crippen LogP contribution in [0.3, 0.4) is 0 Å². The van der Waals surface area contributed by atoms with Crippen LogP contribution in [0.1, 0.15) is 46.5 Å². The molecule has 2 N–H and O–H groups in total. The van der Waals surface area contributed by atoms with Gasteiger partial charge in [-0.05, 0) is 33.6 Å². The molecule has 1 rings (SSSR count). The van der Waals surface area contributed by atoms with E-state index >= 15 is 0 Å². The average molecular weight is 278 g/mol. The van der Waals surface area contributed by atoms with Crippen molar-refractivity contribution in [2.45, 2.75) is 57.2 Å². The molecule has 0 heterocycles. The van der Waals surface area contributed by atoms with Crippen LogP contribution in [0.4, 0.5) is 0 Å². The van der Waals surface area contributed by atoms with Gasteiger partial charge in [0.15, 0.2) is 0 Å². The first kappa shape index (κ1) is 14.9. The molecule has 0 aromatic carbocycles. The molecule has 6 heteroatoms. The third-order valence-electron chi connectivity index (χ3n) is 3.13. The van der Waals surface area contributed by atoms with E-state index < -0.39 is 14.8 Å². The number of hydrogen-bond donors (Lipinski definition) is 1. The van der Waals surface area contributed by atoms with Crippen molar-refractivity contribution in [1.29, 1.82) is 0 Å². The van der Waals surface area contributed by atoms with Crippen molar-refractivity contribution >= 4 is 27.2 Å². The normalized spacial score (nSPS) is 18.8. The number of hydrogen-bond acceptors (Lipinski definition) is 3. The summed E-state index contributed by atoms with van der Waals surface area (Å²) < 4.78 is 25.7. The molecule has 0 atom stereocenters. The molecular formula is C11H22N2O2S2. The highest BCUT2D eigenvalue weighted by molar-refractivity contribution is 7.90. The van der Waals surface area contributed by atoms with Crippen LogP contribution < -0.4 is 5.73 Å². The van der Waals surface area contributed by atoms with Gasteiger partial charge in [0, 0.05) is 6.04 Å². The molecule has 1 aliphatic rings. The van der Waals surface area contributed by atoms with Crippen LogP contribution in [0, 0.1) is 0 Å². The Bertz CT molecular complexity index is 379. The van der Waals surface area contributed by atoms with E-state index in [1.54, 1.807) is 20.8 Å². The summed E-state index contributed by atoms with van der Waals surface area (Å²) in [7, 11) is -3.35. The maximum atomic E-state index is 12.5. The molecule has 1 fully saturated rings. The van der Waals surface area contributed by atoms with Gasteiger partial charge in [0.25, 0.3) is 0 Å².